The molecule has 103 valence electrons. The van der Waals surface area contributed by atoms with Gasteiger partial charge in [0.25, 0.3) is 0 Å². The summed E-state index contributed by atoms with van der Waals surface area (Å²) in [4.78, 5) is 27.2. The van der Waals surface area contributed by atoms with Crippen LogP contribution in [0.1, 0.15) is 23.3 Å². The summed E-state index contributed by atoms with van der Waals surface area (Å²) in [5.74, 6) is -2.93. The van der Waals surface area contributed by atoms with Gasteiger partial charge in [0.1, 0.15) is 6.33 Å². The van der Waals surface area contributed by atoms with Crippen molar-refractivity contribution >= 4 is 11.6 Å². The molecule has 1 saturated carbocycles. The number of aryl methyl sites for hydroxylation is 1. The smallest absolute Gasteiger partial charge is 0.363 e. The maximum Gasteiger partial charge on any atom is 0.363 e. The van der Waals surface area contributed by atoms with Crippen LogP contribution >= 0.6 is 0 Å². The van der Waals surface area contributed by atoms with Crippen molar-refractivity contribution in [3.8, 4) is 0 Å². The zero-order valence-corrected chi connectivity index (χ0v) is 13.3. The van der Waals surface area contributed by atoms with Gasteiger partial charge < -0.3 is 11.2 Å². The van der Waals surface area contributed by atoms with Crippen LogP contribution in [0.2, 0.25) is 0 Å². The number of aromatic nitrogens is 5. The molecule has 0 saturated heterocycles. The minimum atomic E-state index is -1.97. The summed E-state index contributed by atoms with van der Waals surface area (Å²) in [5, 5.41) is 7.22. The van der Waals surface area contributed by atoms with Crippen molar-refractivity contribution in [2.75, 3.05) is 0 Å². The maximum absolute atomic E-state index is 13.7. The number of imidazole rings is 1. The molecule has 1 aliphatic rings. The molecule has 0 N–H and O–H groups in total. The van der Waals surface area contributed by atoms with E-state index in [-0.39, 0.29) is 56.9 Å². The average molecular weight is 355 g/mol. The van der Waals surface area contributed by atoms with E-state index in [0.717, 1.165) is 15.4 Å². The number of rotatable bonds is 2. The zero-order valence-electron chi connectivity index (χ0n) is 10.5. The average Bonchev–Trinajstić information content (AvgIpc) is 2.76. The third kappa shape index (κ3) is 2.39. The first kappa shape index (κ1) is 15.2. The number of carbonyl (C=O) groups is 1. The van der Waals surface area contributed by atoms with E-state index in [2.05, 4.69) is 15.3 Å². The van der Waals surface area contributed by atoms with Crippen LogP contribution in [0, 0.1) is 6.42 Å². The number of carbonyl (C=O) groups excluding carboxylic acids is 1. The molecule has 2 aromatic rings. The predicted octanol–water partition coefficient (Wildman–Crippen LogP) is -0.359. The number of halogens is 1. The van der Waals surface area contributed by atoms with E-state index in [1.807, 2.05) is 0 Å². The summed E-state index contributed by atoms with van der Waals surface area (Å²) in [6.45, 7) is 0. The maximum atomic E-state index is 13.7. The number of hydrogen-bond acceptors (Lipinski definition) is 6. The van der Waals surface area contributed by atoms with Crippen LogP contribution in [0.3, 0.4) is 0 Å². The Morgan fingerprint density at radius 1 is 1.55 bits per heavy atom. The number of ether oxygens (including phenoxy) is 1. The Balaban J connectivity index is 0.00000147. The Labute approximate surface area is 137 Å². The molecule has 0 amide bonds. The van der Waals surface area contributed by atoms with E-state index in [4.69, 9.17) is 4.74 Å². The first-order valence-electron chi connectivity index (χ1n) is 5.51. The van der Waals surface area contributed by atoms with E-state index < -0.39 is 17.5 Å². The van der Waals surface area contributed by atoms with Gasteiger partial charge in [-0.05, 0) is 0 Å². The van der Waals surface area contributed by atoms with Gasteiger partial charge in [-0.15, -0.1) is 17.9 Å². The fourth-order valence-electron chi connectivity index (χ4n) is 1.69. The molecule has 1 fully saturated rings. The van der Waals surface area contributed by atoms with E-state index in [9.17, 15) is 14.0 Å². The summed E-state index contributed by atoms with van der Waals surface area (Å²) >= 11 is 0. The molecule has 2 heterocycles. The quantitative estimate of drug-likeness (QED) is 0.540. The summed E-state index contributed by atoms with van der Waals surface area (Å²) in [7, 11) is 1.41. The number of esters is 1. The second-order valence-electron chi connectivity index (χ2n) is 4.25. The largest absolute Gasteiger partial charge is 0.429 e. The van der Waals surface area contributed by atoms with Crippen molar-refractivity contribution in [1.82, 2.24) is 24.4 Å². The summed E-state index contributed by atoms with van der Waals surface area (Å²) in [6, 6.07) is 0. The van der Waals surface area contributed by atoms with Gasteiger partial charge in [0.2, 0.25) is 0 Å². The summed E-state index contributed by atoms with van der Waals surface area (Å²) < 4.78 is 20.4. The SMILES string of the molecule is Cn1nnc2c(C(=O)OC3(F)C[CH-]C3)ncn2c1=O.[Y]. The van der Waals surface area contributed by atoms with Gasteiger partial charge in [-0.1, -0.05) is 5.21 Å². The summed E-state index contributed by atoms with van der Waals surface area (Å²) in [6.07, 6.45) is 2.89. The standard InChI is InChI=1S/C10H9FN5O3.Y/c1-15-9(18)16-5-12-6(7(16)13-14-15)8(17)19-10(11)3-2-4-10;/h2,5H,3-4H2,1H3;/q-1;. The number of hydrogen-bond donors (Lipinski definition) is 0. The zero-order chi connectivity index (χ0) is 13.6. The monoisotopic (exact) mass is 355 g/mol. The minimum absolute atomic E-state index is 0. The number of alkyl halides is 1. The van der Waals surface area contributed by atoms with Crippen molar-refractivity contribution < 1.29 is 46.6 Å². The van der Waals surface area contributed by atoms with Gasteiger partial charge in [0, 0.05) is 39.8 Å². The Kier molecular flexibility index (Phi) is 4.01. The molecule has 8 nitrogen and oxygen atoms in total. The van der Waals surface area contributed by atoms with Gasteiger partial charge >= 0.3 is 11.7 Å². The third-order valence-electron chi connectivity index (χ3n) is 2.87. The molecule has 0 unspecified atom stereocenters. The van der Waals surface area contributed by atoms with E-state index in [0.29, 0.717) is 0 Å². The van der Waals surface area contributed by atoms with Crippen molar-refractivity contribution in [2.24, 2.45) is 7.05 Å². The fourth-order valence-corrected chi connectivity index (χ4v) is 1.69. The molecule has 0 bridgehead atoms. The topological polar surface area (TPSA) is 91.4 Å². The van der Waals surface area contributed by atoms with Crippen LogP contribution in [-0.2, 0) is 44.5 Å². The Morgan fingerprint density at radius 3 is 2.85 bits per heavy atom. The molecule has 3 rings (SSSR count). The molecule has 1 radical (unpaired) electrons. The van der Waals surface area contributed by atoms with Crippen LogP contribution < -0.4 is 5.69 Å². The first-order valence-corrected chi connectivity index (χ1v) is 5.51. The molecule has 10 heteroatoms. The Hall–Kier alpha value is -1.22. The Bertz CT molecular complexity index is 723. The molecule has 0 spiro atoms. The molecular weight excluding hydrogens is 346 g/mol. The molecule has 20 heavy (non-hydrogen) atoms. The van der Waals surface area contributed by atoms with E-state index in [1.54, 1.807) is 6.42 Å². The van der Waals surface area contributed by atoms with Gasteiger partial charge in [0.15, 0.2) is 17.2 Å². The third-order valence-corrected chi connectivity index (χ3v) is 2.87. The van der Waals surface area contributed by atoms with Crippen LogP contribution in [0.5, 0.6) is 0 Å². The van der Waals surface area contributed by atoms with Gasteiger partial charge in [-0.2, -0.15) is 4.68 Å². The van der Waals surface area contributed by atoms with Gasteiger partial charge in [-0.25, -0.2) is 23.4 Å². The van der Waals surface area contributed by atoms with Gasteiger partial charge in [0.05, 0.1) is 0 Å². The van der Waals surface area contributed by atoms with Crippen LogP contribution in [0.15, 0.2) is 11.1 Å². The van der Waals surface area contributed by atoms with Gasteiger partial charge in [-0.3, -0.25) is 0 Å². The molecule has 0 aromatic carbocycles. The molecule has 2 aromatic heterocycles. The van der Waals surface area contributed by atoms with Crippen molar-refractivity contribution in [3.05, 3.63) is 28.9 Å². The normalized spacial score (nSPS) is 16.3. The first-order chi connectivity index (χ1) is 9.00. The molecular formula is C10H9FN5O3Y-. The molecule has 0 atom stereocenters. The Morgan fingerprint density at radius 2 is 2.25 bits per heavy atom. The second-order valence-corrected chi connectivity index (χ2v) is 4.25. The fraction of sp³-hybridized carbons (Fsp3) is 0.400. The molecule has 1 aliphatic carbocycles. The number of nitrogens with zero attached hydrogens (tertiary/aromatic N) is 5. The predicted molar refractivity (Wildman–Crippen MR) is 58.8 cm³/mol. The van der Waals surface area contributed by atoms with Crippen LogP contribution in [0.25, 0.3) is 5.65 Å². The minimum Gasteiger partial charge on any atom is -0.429 e. The van der Waals surface area contributed by atoms with Crippen molar-refractivity contribution in [3.63, 3.8) is 0 Å². The van der Waals surface area contributed by atoms with Crippen molar-refractivity contribution in [1.29, 1.82) is 0 Å². The number of fused-ring (bicyclic) bond motifs is 1. The van der Waals surface area contributed by atoms with Crippen LogP contribution in [-0.4, -0.2) is 36.2 Å². The van der Waals surface area contributed by atoms with E-state index in [1.165, 1.54) is 7.05 Å². The second kappa shape index (κ2) is 5.29. The van der Waals surface area contributed by atoms with Crippen LogP contribution in [0.4, 0.5) is 4.39 Å². The van der Waals surface area contributed by atoms with E-state index >= 15 is 0 Å². The van der Waals surface area contributed by atoms with Crippen molar-refractivity contribution in [2.45, 2.75) is 18.7 Å². The molecule has 0 aliphatic heterocycles. The summed E-state index contributed by atoms with van der Waals surface area (Å²) in [5.41, 5.74) is -0.794.